The van der Waals surface area contributed by atoms with Crippen molar-refractivity contribution < 1.29 is 4.42 Å². The molecule has 0 aliphatic rings. The topological polar surface area (TPSA) is 16.4 Å². The number of rotatable bonds is 5. The van der Waals surface area contributed by atoms with Crippen molar-refractivity contribution in [3.05, 3.63) is 175 Å². The Morgan fingerprint density at radius 2 is 0.872 bits per heavy atom. The lowest BCUT2D eigenvalue weighted by Gasteiger charge is -2.26. The average Bonchev–Trinajstić information content (AvgIpc) is 3.50. The van der Waals surface area contributed by atoms with Crippen molar-refractivity contribution in [1.29, 1.82) is 0 Å². The molecule has 0 spiro atoms. The average molecular weight is 602 g/mol. The molecule has 2 heteroatoms. The Hall–Kier alpha value is -6.12. The first-order chi connectivity index (χ1) is 23.2. The van der Waals surface area contributed by atoms with Crippen molar-refractivity contribution in [3.63, 3.8) is 0 Å². The van der Waals surface area contributed by atoms with Crippen molar-refractivity contribution in [2.75, 3.05) is 4.90 Å². The summed E-state index contributed by atoms with van der Waals surface area (Å²) < 4.78 is 6.17. The van der Waals surface area contributed by atoms with E-state index in [-0.39, 0.29) is 0 Å². The fourth-order valence-corrected chi connectivity index (χ4v) is 7.20. The number of benzene rings is 8. The Morgan fingerprint density at radius 1 is 0.362 bits per heavy atom. The number of hydrogen-bond acceptors (Lipinski definition) is 2. The van der Waals surface area contributed by atoms with Crippen molar-refractivity contribution in [1.82, 2.24) is 0 Å². The highest BCUT2D eigenvalue weighted by Gasteiger charge is 2.19. The SMILES string of the molecule is Cc1cccc(N(c2ccc(-c3c4ccccc4c(-c4ccccc4)c4ccccc34)cc2)c2ccc3oc4ccccc4c3c2)c1. The molecule has 0 aliphatic heterocycles. The first-order valence-corrected chi connectivity index (χ1v) is 16.1. The molecule has 0 saturated carbocycles. The highest BCUT2D eigenvalue weighted by atomic mass is 16.3. The zero-order valence-corrected chi connectivity index (χ0v) is 26.0. The molecule has 9 rings (SSSR count). The summed E-state index contributed by atoms with van der Waals surface area (Å²) in [5.74, 6) is 0. The second kappa shape index (κ2) is 11.0. The summed E-state index contributed by atoms with van der Waals surface area (Å²) in [4.78, 5) is 2.34. The van der Waals surface area contributed by atoms with E-state index in [1.807, 2.05) is 12.1 Å². The molecule has 9 aromatic rings. The van der Waals surface area contributed by atoms with Crippen LogP contribution in [0.4, 0.5) is 17.1 Å². The van der Waals surface area contributed by atoms with Crippen LogP contribution in [0.15, 0.2) is 174 Å². The van der Waals surface area contributed by atoms with Crippen LogP contribution in [0, 0.1) is 6.92 Å². The van der Waals surface area contributed by atoms with E-state index in [9.17, 15) is 0 Å². The maximum absolute atomic E-state index is 6.17. The van der Waals surface area contributed by atoms with Crippen molar-refractivity contribution >= 4 is 60.5 Å². The van der Waals surface area contributed by atoms with Gasteiger partial charge in [0.1, 0.15) is 11.2 Å². The fourth-order valence-electron chi connectivity index (χ4n) is 7.20. The van der Waals surface area contributed by atoms with Gasteiger partial charge in [0.05, 0.1) is 0 Å². The highest BCUT2D eigenvalue weighted by molar-refractivity contribution is 6.21. The zero-order valence-electron chi connectivity index (χ0n) is 26.0. The van der Waals surface area contributed by atoms with Gasteiger partial charge in [-0.3, -0.25) is 0 Å². The summed E-state index contributed by atoms with van der Waals surface area (Å²) in [6, 6.07) is 60.9. The molecular weight excluding hydrogens is 571 g/mol. The Balaban J connectivity index is 1.23. The number of hydrogen-bond donors (Lipinski definition) is 0. The Labute approximate surface area is 273 Å². The summed E-state index contributed by atoms with van der Waals surface area (Å²) in [6.45, 7) is 2.15. The van der Waals surface area contributed by atoms with Crippen LogP contribution in [0.25, 0.3) is 65.7 Å². The molecule has 0 amide bonds. The predicted octanol–water partition coefficient (Wildman–Crippen LogP) is 13.0. The van der Waals surface area contributed by atoms with Crippen LogP contribution >= 0.6 is 0 Å². The van der Waals surface area contributed by atoms with Crippen LogP contribution in [0.3, 0.4) is 0 Å². The van der Waals surface area contributed by atoms with Crippen LogP contribution in [-0.4, -0.2) is 0 Å². The largest absolute Gasteiger partial charge is 0.456 e. The minimum Gasteiger partial charge on any atom is -0.456 e. The minimum absolute atomic E-state index is 0.896. The van der Waals surface area contributed by atoms with Gasteiger partial charge in [0.25, 0.3) is 0 Å². The van der Waals surface area contributed by atoms with Crippen LogP contribution < -0.4 is 4.90 Å². The summed E-state index contributed by atoms with van der Waals surface area (Å²) in [6.07, 6.45) is 0. The van der Waals surface area contributed by atoms with Gasteiger partial charge in [-0.2, -0.15) is 0 Å². The summed E-state index contributed by atoms with van der Waals surface area (Å²) in [7, 11) is 0. The van der Waals surface area contributed by atoms with E-state index in [0.717, 1.165) is 39.0 Å². The molecule has 47 heavy (non-hydrogen) atoms. The zero-order chi connectivity index (χ0) is 31.3. The molecule has 0 unspecified atom stereocenters. The van der Waals surface area contributed by atoms with Gasteiger partial charge < -0.3 is 9.32 Å². The van der Waals surface area contributed by atoms with E-state index in [1.54, 1.807) is 0 Å². The molecule has 0 radical (unpaired) electrons. The first kappa shape index (κ1) is 27.2. The Bertz CT molecular complexity index is 2520. The first-order valence-electron chi connectivity index (χ1n) is 16.1. The molecule has 1 aromatic heterocycles. The van der Waals surface area contributed by atoms with Crippen LogP contribution in [0.1, 0.15) is 5.56 Å². The van der Waals surface area contributed by atoms with Crippen LogP contribution in [-0.2, 0) is 0 Å². The number of aryl methyl sites for hydroxylation is 1. The highest BCUT2D eigenvalue weighted by Crippen LogP contribution is 2.45. The van der Waals surface area contributed by atoms with E-state index in [0.29, 0.717) is 0 Å². The number of furan rings is 1. The van der Waals surface area contributed by atoms with E-state index in [4.69, 9.17) is 4.42 Å². The molecule has 1 heterocycles. The lowest BCUT2D eigenvalue weighted by molar-refractivity contribution is 0.669. The van der Waals surface area contributed by atoms with E-state index in [2.05, 4.69) is 170 Å². The Kier molecular flexibility index (Phi) is 6.39. The fraction of sp³-hybridized carbons (Fsp3) is 0.0222. The van der Waals surface area contributed by atoms with Gasteiger partial charge in [0, 0.05) is 27.8 Å². The van der Waals surface area contributed by atoms with Crippen molar-refractivity contribution in [2.24, 2.45) is 0 Å². The third-order valence-electron chi connectivity index (χ3n) is 9.29. The molecule has 0 atom stereocenters. The van der Waals surface area contributed by atoms with Crippen molar-refractivity contribution in [2.45, 2.75) is 6.92 Å². The van der Waals surface area contributed by atoms with Gasteiger partial charge in [-0.1, -0.05) is 121 Å². The lowest BCUT2D eigenvalue weighted by Crippen LogP contribution is -2.10. The molecule has 2 nitrogen and oxygen atoms in total. The van der Waals surface area contributed by atoms with Gasteiger partial charge in [0.15, 0.2) is 0 Å². The predicted molar refractivity (Wildman–Crippen MR) is 199 cm³/mol. The number of para-hydroxylation sites is 1. The lowest BCUT2D eigenvalue weighted by atomic mass is 9.86. The van der Waals surface area contributed by atoms with Gasteiger partial charge in [-0.15, -0.1) is 0 Å². The normalized spacial score (nSPS) is 11.5. The smallest absolute Gasteiger partial charge is 0.135 e. The summed E-state index contributed by atoms with van der Waals surface area (Å²) >= 11 is 0. The second-order valence-electron chi connectivity index (χ2n) is 12.2. The number of nitrogens with zero attached hydrogens (tertiary/aromatic N) is 1. The van der Waals surface area contributed by atoms with E-state index < -0.39 is 0 Å². The van der Waals surface area contributed by atoms with E-state index in [1.165, 1.54) is 49.4 Å². The third-order valence-corrected chi connectivity index (χ3v) is 9.29. The number of fused-ring (bicyclic) bond motifs is 5. The molecule has 0 aliphatic carbocycles. The molecule has 0 saturated heterocycles. The Morgan fingerprint density at radius 3 is 1.51 bits per heavy atom. The third kappa shape index (κ3) is 4.57. The maximum Gasteiger partial charge on any atom is 0.135 e. The van der Waals surface area contributed by atoms with Crippen LogP contribution in [0.5, 0.6) is 0 Å². The molecule has 0 bridgehead atoms. The van der Waals surface area contributed by atoms with Crippen molar-refractivity contribution in [3.8, 4) is 22.3 Å². The van der Waals surface area contributed by atoms with Gasteiger partial charge in [0.2, 0.25) is 0 Å². The maximum atomic E-state index is 6.17. The van der Waals surface area contributed by atoms with Gasteiger partial charge >= 0.3 is 0 Å². The molecule has 8 aromatic carbocycles. The van der Waals surface area contributed by atoms with Crippen LogP contribution in [0.2, 0.25) is 0 Å². The quantitative estimate of drug-likeness (QED) is 0.182. The monoisotopic (exact) mass is 601 g/mol. The molecule has 0 N–H and O–H groups in total. The summed E-state index contributed by atoms with van der Waals surface area (Å²) in [5.41, 5.74) is 11.3. The molecule has 222 valence electrons. The number of anilines is 3. The van der Waals surface area contributed by atoms with Gasteiger partial charge in [-0.25, -0.2) is 0 Å². The standard InChI is InChI=1S/C45H31NO/c1-30-12-11-15-34(28-30)46(35-26-27-43-41(29-35)36-16-9-10-21-42(36)47-43)33-24-22-32(23-25-33)45-39-19-7-5-17-37(39)44(31-13-3-2-4-14-31)38-18-6-8-20-40(38)45/h2-29H,1H3. The minimum atomic E-state index is 0.896. The molecule has 0 fully saturated rings. The van der Waals surface area contributed by atoms with Gasteiger partial charge in [-0.05, 0) is 105 Å². The molecular formula is C45H31NO. The summed E-state index contributed by atoms with van der Waals surface area (Å²) in [5, 5.41) is 7.28. The second-order valence-corrected chi connectivity index (χ2v) is 12.2. The van der Waals surface area contributed by atoms with E-state index >= 15 is 0 Å².